The third-order valence-electron chi connectivity index (χ3n) is 3.89. The summed E-state index contributed by atoms with van der Waals surface area (Å²) in [5, 5.41) is 14.0. The fourth-order valence-corrected chi connectivity index (χ4v) is 2.54. The zero-order chi connectivity index (χ0) is 18.9. The lowest BCUT2D eigenvalue weighted by Crippen LogP contribution is -2.28. The van der Waals surface area contributed by atoms with Gasteiger partial charge >= 0.3 is 0 Å². The van der Waals surface area contributed by atoms with Crippen LogP contribution in [0.4, 0.5) is 5.69 Å². The SMILES string of the molecule is O=C(CCNCCC(=O)Nc1cccc(CN2C(=O)CCC2=O)c1)NO. The van der Waals surface area contributed by atoms with Gasteiger partial charge in [0.2, 0.25) is 23.6 Å². The minimum Gasteiger partial charge on any atom is -0.326 e. The average molecular weight is 362 g/mol. The fourth-order valence-electron chi connectivity index (χ4n) is 2.54. The van der Waals surface area contributed by atoms with Crippen LogP contribution in [0, 0.1) is 0 Å². The Morgan fingerprint density at radius 1 is 1.04 bits per heavy atom. The van der Waals surface area contributed by atoms with Crippen molar-refractivity contribution in [3.63, 3.8) is 0 Å². The van der Waals surface area contributed by atoms with E-state index < -0.39 is 5.91 Å². The number of hydroxylamine groups is 1. The molecule has 1 fully saturated rings. The second-order valence-corrected chi connectivity index (χ2v) is 5.91. The molecule has 4 N–H and O–H groups in total. The molecule has 1 saturated heterocycles. The summed E-state index contributed by atoms with van der Waals surface area (Å²) in [6.45, 7) is 0.948. The number of nitrogens with zero attached hydrogens (tertiary/aromatic N) is 1. The molecule has 1 aromatic carbocycles. The van der Waals surface area contributed by atoms with E-state index in [1.165, 1.54) is 10.4 Å². The van der Waals surface area contributed by atoms with E-state index in [1.54, 1.807) is 24.3 Å². The monoisotopic (exact) mass is 362 g/mol. The van der Waals surface area contributed by atoms with Crippen LogP contribution in [0.25, 0.3) is 0 Å². The van der Waals surface area contributed by atoms with E-state index in [-0.39, 0.29) is 49.9 Å². The smallest absolute Gasteiger partial charge is 0.244 e. The summed E-state index contributed by atoms with van der Waals surface area (Å²) >= 11 is 0. The highest BCUT2D eigenvalue weighted by molar-refractivity contribution is 6.01. The van der Waals surface area contributed by atoms with E-state index in [4.69, 9.17) is 5.21 Å². The van der Waals surface area contributed by atoms with Crippen molar-refractivity contribution in [3.8, 4) is 0 Å². The number of anilines is 1. The molecule has 0 radical (unpaired) electrons. The molecule has 2 rings (SSSR count). The summed E-state index contributed by atoms with van der Waals surface area (Å²) in [6, 6.07) is 7.01. The second-order valence-electron chi connectivity index (χ2n) is 5.91. The minimum absolute atomic E-state index is 0.119. The molecular formula is C17H22N4O5. The molecule has 26 heavy (non-hydrogen) atoms. The number of hydrogen-bond acceptors (Lipinski definition) is 6. The zero-order valence-electron chi connectivity index (χ0n) is 14.3. The first-order valence-electron chi connectivity index (χ1n) is 8.35. The predicted molar refractivity (Wildman–Crippen MR) is 91.9 cm³/mol. The number of carbonyl (C=O) groups is 4. The van der Waals surface area contributed by atoms with E-state index in [0.717, 1.165) is 5.56 Å². The van der Waals surface area contributed by atoms with Crippen LogP contribution in [0.1, 0.15) is 31.2 Å². The van der Waals surface area contributed by atoms with Crippen molar-refractivity contribution in [2.75, 3.05) is 18.4 Å². The zero-order valence-corrected chi connectivity index (χ0v) is 14.3. The Balaban J connectivity index is 1.77. The van der Waals surface area contributed by atoms with Gasteiger partial charge in [0.1, 0.15) is 0 Å². The molecular weight excluding hydrogens is 340 g/mol. The molecule has 1 aliphatic heterocycles. The summed E-state index contributed by atoms with van der Waals surface area (Å²) in [6.07, 6.45) is 0.840. The Kier molecular flexibility index (Phi) is 7.24. The second kappa shape index (κ2) is 9.64. The molecule has 140 valence electrons. The topological polar surface area (TPSA) is 128 Å². The summed E-state index contributed by atoms with van der Waals surface area (Å²) in [4.78, 5) is 47.3. The minimum atomic E-state index is -0.492. The number of benzene rings is 1. The molecule has 0 atom stereocenters. The van der Waals surface area contributed by atoms with Crippen molar-refractivity contribution in [2.24, 2.45) is 0 Å². The van der Waals surface area contributed by atoms with Crippen molar-refractivity contribution in [1.29, 1.82) is 0 Å². The summed E-state index contributed by atoms with van der Waals surface area (Å²) in [5.74, 6) is -1.04. The van der Waals surface area contributed by atoms with Gasteiger partial charge in [-0.15, -0.1) is 0 Å². The van der Waals surface area contributed by atoms with Crippen LogP contribution in [0.3, 0.4) is 0 Å². The third-order valence-corrected chi connectivity index (χ3v) is 3.89. The first kappa shape index (κ1) is 19.5. The van der Waals surface area contributed by atoms with Crippen molar-refractivity contribution in [1.82, 2.24) is 15.7 Å². The van der Waals surface area contributed by atoms with E-state index in [2.05, 4.69) is 10.6 Å². The van der Waals surface area contributed by atoms with Crippen LogP contribution in [0.15, 0.2) is 24.3 Å². The highest BCUT2D eigenvalue weighted by Crippen LogP contribution is 2.18. The quantitative estimate of drug-likeness (QED) is 0.214. The molecule has 1 aromatic rings. The molecule has 9 nitrogen and oxygen atoms in total. The lowest BCUT2D eigenvalue weighted by Gasteiger charge is -2.14. The summed E-state index contributed by atoms with van der Waals surface area (Å²) in [5.41, 5.74) is 2.88. The Bertz CT molecular complexity index is 675. The molecule has 4 amide bonds. The van der Waals surface area contributed by atoms with Gasteiger partial charge in [-0.2, -0.15) is 0 Å². The molecule has 0 aromatic heterocycles. The van der Waals surface area contributed by atoms with Crippen LogP contribution in [0.2, 0.25) is 0 Å². The number of rotatable bonds is 9. The predicted octanol–water partition coefficient (Wildman–Crippen LogP) is 0.149. The van der Waals surface area contributed by atoms with Crippen molar-refractivity contribution in [3.05, 3.63) is 29.8 Å². The van der Waals surface area contributed by atoms with Gasteiger partial charge in [-0.3, -0.25) is 29.3 Å². The fraction of sp³-hybridized carbons (Fsp3) is 0.412. The van der Waals surface area contributed by atoms with Crippen molar-refractivity contribution < 1.29 is 24.4 Å². The molecule has 0 spiro atoms. The molecule has 0 aliphatic carbocycles. The third kappa shape index (κ3) is 5.94. The van der Waals surface area contributed by atoms with Gasteiger partial charge in [-0.25, -0.2) is 5.48 Å². The number of likely N-dealkylation sites (tertiary alicyclic amines) is 1. The van der Waals surface area contributed by atoms with Gasteiger partial charge in [0, 0.05) is 44.5 Å². The van der Waals surface area contributed by atoms with Crippen LogP contribution < -0.4 is 16.1 Å². The van der Waals surface area contributed by atoms with Gasteiger partial charge in [-0.1, -0.05) is 12.1 Å². The molecule has 0 bridgehead atoms. The molecule has 0 saturated carbocycles. The van der Waals surface area contributed by atoms with Gasteiger partial charge in [0.15, 0.2) is 0 Å². The first-order valence-corrected chi connectivity index (χ1v) is 8.35. The lowest BCUT2D eigenvalue weighted by atomic mass is 10.2. The maximum absolute atomic E-state index is 11.9. The average Bonchev–Trinajstić information content (AvgIpc) is 2.93. The number of carbonyl (C=O) groups excluding carboxylic acids is 4. The number of hydrogen-bond donors (Lipinski definition) is 4. The van der Waals surface area contributed by atoms with E-state index >= 15 is 0 Å². The van der Waals surface area contributed by atoms with Gasteiger partial charge in [-0.05, 0) is 17.7 Å². The van der Waals surface area contributed by atoms with Gasteiger partial charge in [0.05, 0.1) is 6.54 Å². The van der Waals surface area contributed by atoms with Gasteiger partial charge in [0.25, 0.3) is 0 Å². The van der Waals surface area contributed by atoms with Crippen LogP contribution in [-0.2, 0) is 25.7 Å². The first-order chi connectivity index (χ1) is 12.5. The van der Waals surface area contributed by atoms with Gasteiger partial charge < -0.3 is 10.6 Å². The van der Waals surface area contributed by atoms with Crippen LogP contribution >= 0.6 is 0 Å². The highest BCUT2D eigenvalue weighted by atomic mass is 16.5. The Labute approximate surface area is 150 Å². The Morgan fingerprint density at radius 3 is 2.35 bits per heavy atom. The maximum atomic E-state index is 11.9. The molecule has 1 heterocycles. The summed E-state index contributed by atoms with van der Waals surface area (Å²) < 4.78 is 0. The van der Waals surface area contributed by atoms with E-state index in [1.807, 2.05) is 0 Å². The largest absolute Gasteiger partial charge is 0.326 e. The number of nitrogens with one attached hydrogen (secondary N) is 3. The molecule has 0 unspecified atom stereocenters. The highest BCUT2D eigenvalue weighted by Gasteiger charge is 2.28. The van der Waals surface area contributed by atoms with E-state index in [9.17, 15) is 19.2 Å². The van der Waals surface area contributed by atoms with Crippen molar-refractivity contribution >= 4 is 29.3 Å². The van der Waals surface area contributed by atoms with Crippen molar-refractivity contribution in [2.45, 2.75) is 32.2 Å². The van der Waals surface area contributed by atoms with Crippen LogP contribution in [0.5, 0.6) is 0 Å². The Hall–Kier alpha value is -2.78. The Morgan fingerprint density at radius 2 is 1.69 bits per heavy atom. The normalized spacial score (nSPS) is 13.8. The number of amides is 4. The maximum Gasteiger partial charge on any atom is 0.244 e. The number of imide groups is 1. The molecule has 9 heteroatoms. The standard InChI is InChI=1S/C17H22N4O5/c22-14(6-8-18-9-7-15(23)20-26)19-13-3-1-2-12(10-13)11-21-16(24)4-5-17(21)25/h1-3,10,18,26H,4-9,11H2,(H,19,22)(H,20,23). The van der Waals surface area contributed by atoms with E-state index in [0.29, 0.717) is 18.8 Å². The van der Waals surface area contributed by atoms with Crippen LogP contribution in [-0.4, -0.2) is 46.8 Å². The molecule has 1 aliphatic rings. The summed E-state index contributed by atoms with van der Waals surface area (Å²) in [7, 11) is 0. The lowest BCUT2D eigenvalue weighted by molar-refractivity contribution is -0.139.